The first-order valence-electron chi connectivity index (χ1n) is 7.75. The van der Waals surface area contributed by atoms with Crippen molar-refractivity contribution < 1.29 is 22.7 Å². The van der Waals surface area contributed by atoms with Crippen molar-refractivity contribution in [3.8, 4) is 0 Å². The van der Waals surface area contributed by atoms with Gasteiger partial charge in [0.2, 0.25) is 0 Å². The van der Waals surface area contributed by atoms with Crippen LogP contribution in [-0.4, -0.2) is 43.5 Å². The summed E-state index contributed by atoms with van der Waals surface area (Å²) in [6, 6.07) is 6.92. The van der Waals surface area contributed by atoms with Gasteiger partial charge in [0.15, 0.2) is 22.2 Å². The molecule has 7 heteroatoms. The first-order chi connectivity index (χ1) is 11.1. The van der Waals surface area contributed by atoms with Crippen molar-refractivity contribution >= 4 is 33.4 Å². The molecule has 1 saturated heterocycles. The van der Waals surface area contributed by atoms with Gasteiger partial charge in [-0.1, -0.05) is 32.9 Å². The largest absolute Gasteiger partial charge is 0.454 e. The number of thioether (sulfide) groups is 1. The van der Waals surface area contributed by atoms with E-state index < -0.39 is 21.2 Å². The average molecular weight is 370 g/mol. The molecule has 132 valence electrons. The van der Waals surface area contributed by atoms with Gasteiger partial charge in [0.25, 0.3) is 0 Å². The van der Waals surface area contributed by atoms with E-state index in [2.05, 4.69) is 0 Å². The topological polar surface area (TPSA) is 77.5 Å². The summed E-state index contributed by atoms with van der Waals surface area (Å²) in [5.41, 5.74) is -0.194. The second kappa shape index (κ2) is 7.27. The van der Waals surface area contributed by atoms with Crippen LogP contribution in [0, 0.1) is 5.41 Å². The van der Waals surface area contributed by atoms with Crippen molar-refractivity contribution in [2.45, 2.75) is 37.3 Å². The summed E-state index contributed by atoms with van der Waals surface area (Å²) in [6.45, 7) is 5.05. The zero-order valence-electron chi connectivity index (χ0n) is 14.1. The molecule has 5 nitrogen and oxygen atoms in total. The molecule has 1 aliphatic rings. The maximum atomic E-state index is 12.3. The molecule has 0 N–H and O–H groups in total. The van der Waals surface area contributed by atoms with Gasteiger partial charge >= 0.3 is 5.97 Å². The van der Waals surface area contributed by atoms with Gasteiger partial charge in [-0.25, -0.2) is 13.2 Å². The van der Waals surface area contributed by atoms with Crippen LogP contribution in [-0.2, 0) is 19.4 Å². The molecular weight excluding hydrogens is 348 g/mol. The Hall–Kier alpha value is -1.34. The van der Waals surface area contributed by atoms with E-state index in [0.717, 1.165) is 0 Å². The second-order valence-electron chi connectivity index (χ2n) is 6.89. The molecule has 0 aromatic heterocycles. The molecule has 1 aliphatic heterocycles. The van der Waals surface area contributed by atoms with Crippen LogP contribution >= 0.6 is 11.8 Å². The number of hydrogen-bond acceptors (Lipinski definition) is 6. The van der Waals surface area contributed by atoms with Gasteiger partial charge in [-0.3, -0.25) is 4.79 Å². The van der Waals surface area contributed by atoms with E-state index in [-0.39, 0.29) is 29.1 Å². The number of carbonyl (C=O) groups is 2. The fraction of sp³-hybridized carbons (Fsp3) is 0.529. The zero-order valence-corrected chi connectivity index (χ0v) is 15.7. The Morgan fingerprint density at radius 3 is 2.50 bits per heavy atom. The molecule has 0 amide bonds. The van der Waals surface area contributed by atoms with E-state index in [1.54, 1.807) is 45.0 Å². The average Bonchev–Trinajstić information content (AvgIpc) is 2.83. The van der Waals surface area contributed by atoms with E-state index in [1.807, 2.05) is 0 Å². The first kappa shape index (κ1) is 19.0. The van der Waals surface area contributed by atoms with Crippen LogP contribution < -0.4 is 0 Å². The third kappa shape index (κ3) is 5.08. The molecule has 1 heterocycles. The minimum atomic E-state index is -2.97. The normalized spacial score (nSPS) is 19.9. The summed E-state index contributed by atoms with van der Waals surface area (Å²) in [5.74, 6) is -0.389. The van der Waals surface area contributed by atoms with Crippen LogP contribution in [0.5, 0.6) is 0 Å². The standard InChI is InChI=1S/C17H22O5S2/c1-17(2,3)15(18)10-22-16(19)13-6-4-5-7-14(13)23-12-8-9-24(20,21)11-12/h4-7,12H,8-11H2,1-3H3/t12-/m0/s1. The highest BCUT2D eigenvalue weighted by molar-refractivity contribution is 8.02. The van der Waals surface area contributed by atoms with Gasteiger partial charge in [0.05, 0.1) is 17.1 Å². The number of Topliss-reactive ketones (excluding diaryl/α,β-unsaturated/α-hetero) is 1. The smallest absolute Gasteiger partial charge is 0.339 e. The molecule has 1 aromatic rings. The summed E-state index contributed by atoms with van der Waals surface area (Å²) in [7, 11) is -2.97. The molecule has 0 aliphatic carbocycles. The molecule has 0 spiro atoms. The van der Waals surface area contributed by atoms with Gasteiger partial charge in [0, 0.05) is 15.6 Å². The van der Waals surface area contributed by atoms with Crippen LogP contribution in [0.1, 0.15) is 37.6 Å². The van der Waals surface area contributed by atoms with Crippen molar-refractivity contribution in [2.75, 3.05) is 18.1 Å². The van der Waals surface area contributed by atoms with Crippen LogP contribution in [0.2, 0.25) is 0 Å². The fourth-order valence-corrected chi connectivity index (χ4v) is 5.81. The quantitative estimate of drug-likeness (QED) is 0.742. The monoisotopic (exact) mass is 370 g/mol. The van der Waals surface area contributed by atoms with Crippen molar-refractivity contribution in [3.63, 3.8) is 0 Å². The molecule has 1 aromatic carbocycles. The zero-order chi connectivity index (χ0) is 18.0. The van der Waals surface area contributed by atoms with Crippen LogP contribution in [0.3, 0.4) is 0 Å². The van der Waals surface area contributed by atoms with Crippen molar-refractivity contribution in [2.24, 2.45) is 5.41 Å². The Morgan fingerprint density at radius 1 is 1.25 bits per heavy atom. The number of ether oxygens (including phenoxy) is 1. The van der Waals surface area contributed by atoms with Gasteiger partial charge in [-0.05, 0) is 18.6 Å². The Kier molecular flexibility index (Phi) is 5.75. The molecule has 2 rings (SSSR count). The molecule has 24 heavy (non-hydrogen) atoms. The van der Waals surface area contributed by atoms with E-state index >= 15 is 0 Å². The van der Waals surface area contributed by atoms with Crippen molar-refractivity contribution in [3.05, 3.63) is 29.8 Å². The molecule has 0 unspecified atom stereocenters. The van der Waals surface area contributed by atoms with Crippen LogP contribution in [0.4, 0.5) is 0 Å². The summed E-state index contributed by atoms with van der Waals surface area (Å²) < 4.78 is 28.3. The highest BCUT2D eigenvalue weighted by Crippen LogP contribution is 2.33. The lowest BCUT2D eigenvalue weighted by Crippen LogP contribution is -2.26. The van der Waals surface area contributed by atoms with Crippen molar-refractivity contribution in [1.82, 2.24) is 0 Å². The van der Waals surface area contributed by atoms with Gasteiger partial charge in [0.1, 0.15) is 0 Å². The minimum Gasteiger partial charge on any atom is -0.454 e. The first-order valence-corrected chi connectivity index (χ1v) is 10.4. The Labute approximate surface area is 147 Å². The molecule has 0 saturated carbocycles. The van der Waals surface area contributed by atoms with Crippen LogP contribution in [0.15, 0.2) is 29.2 Å². The lowest BCUT2D eigenvalue weighted by molar-refractivity contribution is -0.129. The number of ketones is 1. The van der Waals surface area contributed by atoms with Gasteiger partial charge < -0.3 is 4.74 Å². The summed E-state index contributed by atoms with van der Waals surface area (Å²) in [5, 5.41) is -0.0554. The predicted molar refractivity (Wildman–Crippen MR) is 94.1 cm³/mol. The third-order valence-electron chi connectivity index (χ3n) is 3.76. The maximum Gasteiger partial charge on any atom is 0.339 e. The van der Waals surface area contributed by atoms with Crippen LogP contribution in [0.25, 0.3) is 0 Å². The molecule has 0 radical (unpaired) electrons. The SMILES string of the molecule is CC(C)(C)C(=O)COC(=O)c1ccccc1S[C@H]1CCS(=O)(=O)C1. The number of hydrogen-bond donors (Lipinski definition) is 0. The summed E-state index contributed by atoms with van der Waals surface area (Å²) >= 11 is 1.38. The van der Waals surface area contributed by atoms with E-state index in [4.69, 9.17) is 4.74 Å². The van der Waals surface area contributed by atoms with Gasteiger partial charge in [-0.2, -0.15) is 0 Å². The van der Waals surface area contributed by atoms with Gasteiger partial charge in [-0.15, -0.1) is 11.8 Å². The van der Waals surface area contributed by atoms with Crippen molar-refractivity contribution in [1.29, 1.82) is 0 Å². The highest BCUT2D eigenvalue weighted by atomic mass is 32.2. The third-order valence-corrected chi connectivity index (χ3v) is 7.09. The lowest BCUT2D eigenvalue weighted by Gasteiger charge is -2.17. The summed E-state index contributed by atoms with van der Waals surface area (Å²) in [4.78, 5) is 24.9. The summed E-state index contributed by atoms with van der Waals surface area (Å²) in [6.07, 6.45) is 0.582. The molecular formula is C17H22O5S2. The lowest BCUT2D eigenvalue weighted by atomic mass is 9.91. The second-order valence-corrected chi connectivity index (χ2v) is 10.5. The van der Waals surface area contributed by atoms with E-state index in [1.165, 1.54) is 11.8 Å². The van der Waals surface area contributed by atoms with E-state index in [9.17, 15) is 18.0 Å². The fourth-order valence-electron chi connectivity index (χ4n) is 2.20. The minimum absolute atomic E-state index is 0.0554. The number of benzene rings is 1. The number of sulfone groups is 1. The Balaban J connectivity index is 2.05. The maximum absolute atomic E-state index is 12.3. The Bertz CT molecular complexity index is 732. The molecule has 1 fully saturated rings. The highest BCUT2D eigenvalue weighted by Gasteiger charge is 2.30. The number of rotatable bonds is 5. The van der Waals surface area contributed by atoms with E-state index in [0.29, 0.717) is 16.9 Å². The predicted octanol–water partition coefficient (Wildman–Crippen LogP) is 2.74. The Morgan fingerprint density at radius 2 is 1.92 bits per heavy atom. The number of carbonyl (C=O) groups excluding carboxylic acids is 2. The molecule has 1 atom stereocenters. The molecule has 0 bridgehead atoms. The number of esters is 1.